The molecule has 0 aliphatic heterocycles. The summed E-state index contributed by atoms with van der Waals surface area (Å²) < 4.78 is -0.386. The van der Waals surface area contributed by atoms with Crippen LogP contribution < -0.4 is 0 Å². The van der Waals surface area contributed by atoms with Crippen LogP contribution in [-0.2, 0) is 0 Å². The third-order valence-corrected chi connectivity index (χ3v) is 2.67. The molecular weight excluding hydrogens is 186 g/mol. The Morgan fingerprint density at radius 3 is 3.00 bits per heavy atom. The van der Waals surface area contributed by atoms with Crippen LogP contribution in [0.1, 0.15) is 6.92 Å². The summed E-state index contributed by atoms with van der Waals surface area (Å²) in [5.74, 6) is 0. The van der Waals surface area contributed by atoms with E-state index in [1.807, 2.05) is 0 Å². The Balaban J connectivity index is 2.43. The topological polar surface area (TPSA) is 61.8 Å². The average molecular weight is 194 g/mol. The van der Waals surface area contributed by atoms with Gasteiger partial charge in [0.25, 0.3) is 0 Å². The molecule has 1 heterocycles. The van der Waals surface area contributed by atoms with E-state index in [0.29, 0.717) is 5.16 Å². The Hall–Kier alpha value is -0.260. The normalized spacial score (nSPS) is 16.3. The SMILES string of the molecule is CC(O)C(Cl)Sc1ncn[nH]1. The number of halogens is 1. The first-order valence-corrected chi connectivity index (χ1v) is 4.36. The number of aliphatic hydroxyl groups is 1. The second kappa shape index (κ2) is 3.94. The summed E-state index contributed by atoms with van der Waals surface area (Å²) in [6.45, 7) is 1.63. The molecule has 1 rings (SSSR count). The molecular formula is C5H8ClN3OS. The summed E-state index contributed by atoms with van der Waals surface area (Å²) in [5.41, 5.74) is 0. The highest BCUT2D eigenvalue weighted by atomic mass is 35.5. The highest BCUT2D eigenvalue weighted by Crippen LogP contribution is 2.24. The fourth-order valence-electron chi connectivity index (χ4n) is 0.456. The second-order valence-corrected chi connectivity index (χ2v) is 3.86. The molecule has 0 saturated heterocycles. The fraction of sp³-hybridized carbons (Fsp3) is 0.600. The molecule has 4 nitrogen and oxygen atoms in total. The van der Waals surface area contributed by atoms with Gasteiger partial charge in [-0.2, -0.15) is 5.10 Å². The molecule has 0 fully saturated rings. The molecule has 2 atom stereocenters. The summed E-state index contributed by atoms with van der Waals surface area (Å²) in [5, 5.41) is 15.9. The van der Waals surface area contributed by atoms with Gasteiger partial charge in [-0.3, -0.25) is 5.10 Å². The van der Waals surface area contributed by atoms with Crippen molar-refractivity contribution in [2.75, 3.05) is 0 Å². The molecule has 0 amide bonds. The minimum Gasteiger partial charge on any atom is -0.391 e. The number of hydrogen-bond donors (Lipinski definition) is 2. The first kappa shape index (κ1) is 8.83. The molecule has 2 unspecified atom stereocenters. The summed E-state index contributed by atoms with van der Waals surface area (Å²) in [7, 11) is 0. The lowest BCUT2D eigenvalue weighted by molar-refractivity contribution is 0.211. The van der Waals surface area contributed by atoms with Crippen molar-refractivity contribution in [2.45, 2.75) is 22.9 Å². The van der Waals surface area contributed by atoms with Crippen molar-refractivity contribution in [3.05, 3.63) is 6.33 Å². The van der Waals surface area contributed by atoms with Crippen LogP contribution in [0.15, 0.2) is 11.5 Å². The maximum absolute atomic E-state index is 9.00. The van der Waals surface area contributed by atoms with Gasteiger partial charge in [-0.05, 0) is 6.92 Å². The van der Waals surface area contributed by atoms with Gasteiger partial charge in [-0.1, -0.05) is 11.8 Å². The van der Waals surface area contributed by atoms with Crippen LogP contribution in [0, 0.1) is 0 Å². The van der Waals surface area contributed by atoms with Crippen molar-refractivity contribution in [3.63, 3.8) is 0 Å². The number of hydrogen-bond acceptors (Lipinski definition) is 4. The quantitative estimate of drug-likeness (QED) is 0.552. The van der Waals surface area contributed by atoms with Gasteiger partial charge in [0.15, 0.2) is 5.16 Å². The summed E-state index contributed by atoms with van der Waals surface area (Å²) in [6, 6.07) is 0. The number of rotatable bonds is 3. The molecule has 0 aromatic carbocycles. The number of nitrogens with zero attached hydrogens (tertiary/aromatic N) is 2. The maximum atomic E-state index is 9.00. The molecule has 6 heteroatoms. The van der Waals surface area contributed by atoms with E-state index in [1.54, 1.807) is 6.92 Å². The van der Waals surface area contributed by atoms with Crippen LogP contribution in [-0.4, -0.2) is 31.1 Å². The van der Waals surface area contributed by atoms with Gasteiger partial charge in [0, 0.05) is 0 Å². The smallest absolute Gasteiger partial charge is 0.184 e. The monoisotopic (exact) mass is 193 g/mol. The Morgan fingerprint density at radius 2 is 2.55 bits per heavy atom. The number of aliphatic hydroxyl groups excluding tert-OH is 1. The molecule has 1 aromatic rings. The van der Waals surface area contributed by atoms with Gasteiger partial charge in [-0.15, -0.1) is 11.6 Å². The Kier molecular flexibility index (Phi) is 3.16. The lowest BCUT2D eigenvalue weighted by Gasteiger charge is -2.08. The molecule has 2 N–H and O–H groups in total. The number of thioether (sulfide) groups is 1. The van der Waals surface area contributed by atoms with E-state index in [4.69, 9.17) is 16.7 Å². The summed E-state index contributed by atoms with van der Waals surface area (Å²) in [4.78, 5) is 3.84. The van der Waals surface area contributed by atoms with Crippen molar-refractivity contribution in [2.24, 2.45) is 0 Å². The van der Waals surface area contributed by atoms with Crippen LogP contribution in [0.2, 0.25) is 0 Å². The van der Waals surface area contributed by atoms with E-state index in [1.165, 1.54) is 18.1 Å². The highest BCUT2D eigenvalue weighted by molar-refractivity contribution is 8.00. The largest absolute Gasteiger partial charge is 0.391 e. The average Bonchev–Trinajstić information content (AvgIpc) is 2.39. The molecule has 11 heavy (non-hydrogen) atoms. The van der Waals surface area contributed by atoms with Crippen LogP contribution in [0.25, 0.3) is 0 Å². The number of nitrogens with one attached hydrogen (secondary N) is 1. The standard InChI is InChI=1S/C5H8ClN3OS/c1-3(10)4(6)11-5-7-2-8-9-5/h2-4,10H,1H3,(H,7,8,9). The van der Waals surface area contributed by atoms with Crippen molar-refractivity contribution < 1.29 is 5.11 Å². The number of alkyl halides is 1. The lowest BCUT2D eigenvalue weighted by Crippen LogP contribution is -2.12. The minimum atomic E-state index is -0.563. The van der Waals surface area contributed by atoms with Gasteiger partial charge < -0.3 is 5.11 Å². The summed E-state index contributed by atoms with van der Waals surface area (Å²) in [6.07, 6.45) is 0.834. The summed E-state index contributed by atoms with van der Waals surface area (Å²) >= 11 is 6.98. The van der Waals surface area contributed by atoms with E-state index in [2.05, 4.69) is 15.2 Å². The van der Waals surface area contributed by atoms with Gasteiger partial charge in [0.1, 0.15) is 11.0 Å². The van der Waals surface area contributed by atoms with Crippen molar-refractivity contribution in [1.82, 2.24) is 15.2 Å². The van der Waals surface area contributed by atoms with E-state index >= 15 is 0 Å². The molecule has 62 valence electrons. The Morgan fingerprint density at radius 1 is 1.82 bits per heavy atom. The zero-order valence-electron chi connectivity index (χ0n) is 5.86. The molecule has 0 radical (unpaired) electrons. The first-order chi connectivity index (χ1) is 5.20. The van der Waals surface area contributed by atoms with Crippen molar-refractivity contribution in [3.8, 4) is 0 Å². The molecule has 0 aliphatic rings. The zero-order chi connectivity index (χ0) is 8.27. The maximum Gasteiger partial charge on any atom is 0.184 e. The van der Waals surface area contributed by atoms with E-state index < -0.39 is 6.10 Å². The van der Waals surface area contributed by atoms with Crippen LogP contribution in [0.5, 0.6) is 0 Å². The van der Waals surface area contributed by atoms with Crippen molar-refractivity contribution >= 4 is 23.4 Å². The number of H-pyrrole nitrogens is 1. The molecule has 0 saturated carbocycles. The van der Waals surface area contributed by atoms with Crippen LogP contribution in [0.3, 0.4) is 0 Å². The second-order valence-electron chi connectivity index (χ2n) is 2.00. The highest BCUT2D eigenvalue weighted by Gasteiger charge is 2.13. The van der Waals surface area contributed by atoms with Gasteiger partial charge in [0.05, 0.1) is 6.10 Å². The first-order valence-electron chi connectivity index (χ1n) is 3.04. The number of aromatic nitrogens is 3. The van der Waals surface area contributed by atoms with Crippen LogP contribution in [0.4, 0.5) is 0 Å². The molecule has 0 aliphatic carbocycles. The van der Waals surface area contributed by atoms with Gasteiger partial charge >= 0.3 is 0 Å². The molecule has 1 aromatic heterocycles. The lowest BCUT2D eigenvalue weighted by atomic mass is 10.5. The molecule has 0 bridgehead atoms. The Labute approximate surface area is 73.4 Å². The molecule has 0 spiro atoms. The number of aromatic amines is 1. The van der Waals surface area contributed by atoms with E-state index in [9.17, 15) is 0 Å². The predicted molar refractivity (Wildman–Crippen MR) is 43.6 cm³/mol. The zero-order valence-corrected chi connectivity index (χ0v) is 7.43. The third kappa shape index (κ3) is 2.69. The van der Waals surface area contributed by atoms with Gasteiger partial charge in [-0.25, -0.2) is 4.98 Å². The van der Waals surface area contributed by atoms with Crippen molar-refractivity contribution in [1.29, 1.82) is 0 Å². The minimum absolute atomic E-state index is 0.386. The predicted octanol–water partition coefficient (Wildman–Crippen LogP) is 0.842. The fourth-order valence-corrected chi connectivity index (χ4v) is 1.33. The van der Waals surface area contributed by atoms with E-state index in [0.717, 1.165) is 0 Å². The van der Waals surface area contributed by atoms with E-state index in [-0.39, 0.29) is 4.71 Å². The van der Waals surface area contributed by atoms with Crippen LogP contribution >= 0.6 is 23.4 Å². The van der Waals surface area contributed by atoms with Gasteiger partial charge in [0.2, 0.25) is 0 Å². The Bertz CT molecular complexity index is 204. The third-order valence-electron chi connectivity index (χ3n) is 0.996.